The van der Waals surface area contributed by atoms with E-state index in [2.05, 4.69) is 15.8 Å². The van der Waals surface area contributed by atoms with E-state index in [0.717, 1.165) is 5.56 Å². The van der Waals surface area contributed by atoms with Crippen molar-refractivity contribution in [2.24, 2.45) is 0 Å². The van der Waals surface area contributed by atoms with E-state index in [9.17, 15) is 4.79 Å². The lowest BCUT2D eigenvalue weighted by Gasteiger charge is -2.26. The summed E-state index contributed by atoms with van der Waals surface area (Å²) in [6, 6.07) is 16.6. The van der Waals surface area contributed by atoms with E-state index >= 15 is 0 Å². The van der Waals surface area contributed by atoms with Crippen LogP contribution in [-0.4, -0.2) is 30.4 Å². The van der Waals surface area contributed by atoms with Gasteiger partial charge in [0.15, 0.2) is 23.4 Å². The molecule has 138 valence electrons. The summed E-state index contributed by atoms with van der Waals surface area (Å²) in [4.78, 5) is 12.3. The fraction of sp³-hybridized carbons (Fsp3) is 0.200. The van der Waals surface area contributed by atoms with Crippen LogP contribution in [0.15, 0.2) is 59.1 Å². The maximum Gasteiger partial charge on any atom is 0.319 e. The number of fused-ring (bicyclic) bond motifs is 1. The molecule has 1 aliphatic heterocycles. The van der Waals surface area contributed by atoms with E-state index in [0.29, 0.717) is 41.8 Å². The van der Waals surface area contributed by atoms with Crippen LogP contribution >= 0.6 is 0 Å². The lowest BCUT2D eigenvalue weighted by molar-refractivity contribution is 0.0922. The van der Waals surface area contributed by atoms with Crippen LogP contribution in [0.1, 0.15) is 5.69 Å². The Balaban J connectivity index is 1.38. The van der Waals surface area contributed by atoms with Crippen LogP contribution in [0.4, 0.5) is 10.5 Å². The minimum atomic E-state index is -0.360. The van der Waals surface area contributed by atoms with Crippen molar-refractivity contribution in [1.29, 1.82) is 0 Å². The van der Waals surface area contributed by atoms with Crippen LogP contribution in [-0.2, 0) is 0 Å². The molecule has 2 aromatic carbocycles. The zero-order valence-corrected chi connectivity index (χ0v) is 14.8. The van der Waals surface area contributed by atoms with Crippen molar-refractivity contribution in [1.82, 2.24) is 10.5 Å². The van der Waals surface area contributed by atoms with Crippen molar-refractivity contribution >= 4 is 11.7 Å². The Morgan fingerprint density at radius 2 is 1.85 bits per heavy atom. The van der Waals surface area contributed by atoms with Crippen molar-refractivity contribution in [3.05, 3.63) is 60.3 Å². The van der Waals surface area contributed by atoms with Gasteiger partial charge in [-0.2, -0.15) is 0 Å². The minimum Gasteiger partial charge on any atom is -0.486 e. The molecule has 2 N–H and O–H groups in total. The normalized spacial score (nSPS) is 15.2. The summed E-state index contributed by atoms with van der Waals surface area (Å²) in [7, 11) is 0. The zero-order chi connectivity index (χ0) is 18.6. The largest absolute Gasteiger partial charge is 0.486 e. The predicted molar refractivity (Wildman–Crippen MR) is 100 cm³/mol. The summed E-state index contributed by atoms with van der Waals surface area (Å²) < 4.78 is 16.9. The van der Waals surface area contributed by atoms with Crippen LogP contribution in [0, 0.1) is 6.92 Å². The topological polar surface area (TPSA) is 85.6 Å². The SMILES string of the molecule is Cc1noc(-c2ccccc2)c1NC(=O)NC[C@H]1COc2ccccc2O1. The molecule has 4 rings (SSSR count). The van der Waals surface area contributed by atoms with E-state index in [1.54, 1.807) is 6.92 Å². The molecule has 2 amide bonds. The second-order valence-corrected chi connectivity index (χ2v) is 6.17. The van der Waals surface area contributed by atoms with Gasteiger partial charge >= 0.3 is 6.03 Å². The number of carbonyl (C=O) groups excluding carboxylic acids is 1. The number of para-hydroxylation sites is 2. The van der Waals surface area contributed by atoms with Crippen LogP contribution < -0.4 is 20.1 Å². The maximum absolute atomic E-state index is 12.3. The first-order valence-electron chi connectivity index (χ1n) is 8.66. The predicted octanol–water partition coefficient (Wildman–Crippen LogP) is 3.61. The van der Waals surface area contributed by atoms with Crippen molar-refractivity contribution in [3.8, 4) is 22.8 Å². The fourth-order valence-corrected chi connectivity index (χ4v) is 2.83. The number of aryl methyl sites for hydroxylation is 1. The third-order valence-corrected chi connectivity index (χ3v) is 4.20. The van der Waals surface area contributed by atoms with Gasteiger partial charge in [0.2, 0.25) is 0 Å². The van der Waals surface area contributed by atoms with Gasteiger partial charge in [0.25, 0.3) is 0 Å². The number of hydrogen-bond acceptors (Lipinski definition) is 5. The number of nitrogens with one attached hydrogen (secondary N) is 2. The Kier molecular flexibility index (Phi) is 4.65. The lowest BCUT2D eigenvalue weighted by atomic mass is 10.1. The van der Waals surface area contributed by atoms with Gasteiger partial charge in [0.05, 0.1) is 6.54 Å². The molecular weight excluding hydrogens is 346 g/mol. The molecule has 0 fully saturated rings. The Labute approximate surface area is 156 Å². The molecule has 7 heteroatoms. The number of carbonyl (C=O) groups is 1. The molecule has 0 saturated heterocycles. The Morgan fingerprint density at radius 1 is 1.11 bits per heavy atom. The van der Waals surface area contributed by atoms with Gasteiger partial charge < -0.3 is 24.6 Å². The molecule has 1 aromatic heterocycles. The van der Waals surface area contributed by atoms with Crippen molar-refractivity contribution in [2.75, 3.05) is 18.5 Å². The minimum absolute atomic E-state index is 0.261. The molecule has 0 unspecified atom stereocenters. The zero-order valence-electron chi connectivity index (χ0n) is 14.8. The number of nitrogens with zero attached hydrogens (tertiary/aromatic N) is 1. The molecule has 0 aliphatic carbocycles. The number of urea groups is 1. The molecule has 0 spiro atoms. The number of benzene rings is 2. The third-order valence-electron chi connectivity index (χ3n) is 4.20. The number of hydrogen-bond donors (Lipinski definition) is 2. The second kappa shape index (κ2) is 7.41. The van der Waals surface area contributed by atoms with E-state index in [-0.39, 0.29) is 12.1 Å². The molecule has 0 saturated carbocycles. The highest BCUT2D eigenvalue weighted by Gasteiger charge is 2.22. The van der Waals surface area contributed by atoms with Gasteiger partial charge in [-0.3, -0.25) is 0 Å². The van der Waals surface area contributed by atoms with Crippen molar-refractivity contribution in [2.45, 2.75) is 13.0 Å². The molecular formula is C20H19N3O4. The summed E-state index contributed by atoms with van der Waals surface area (Å²) in [6.45, 7) is 2.46. The smallest absolute Gasteiger partial charge is 0.319 e. The van der Waals surface area contributed by atoms with E-state index in [1.807, 2.05) is 54.6 Å². The fourth-order valence-electron chi connectivity index (χ4n) is 2.83. The summed E-state index contributed by atoms with van der Waals surface area (Å²) in [5.41, 5.74) is 1.99. The lowest BCUT2D eigenvalue weighted by Crippen LogP contribution is -2.42. The Morgan fingerprint density at radius 3 is 2.67 bits per heavy atom. The van der Waals surface area contributed by atoms with Crippen LogP contribution in [0.2, 0.25) is 0 Å². The molecule has 1 aliphatic rings. The van der Waals surface area contributed by atoms with Gasteiger partial charge in [-0.15, -0.1) is 0 Å². The highest BCUT2D eigenvalue weighted by molar-refractivity contribution is 5.93. The van der Waals surface area contributed by atoms with Crippen molar-refractivity contribution < 1.29 is 18.8 Å². The van der Waals surface area contributed by atoms with Gasteiger partial charge in [-0.25, -0.2) is 4.79 Å². The van der Waals surface area contributed by atoms with E-state index in [1.165, 1.54) is 0 Å². The first kappa shape index (κ1) is 17.0. The standard InChI is InChI=1S/C20H19N3O4/c1-13-18(19(27-23-13)14-7-3-2-4-8-14)22-20(24)21-11-15-12-25-16-9-5-6-10-17(16)26-15/h2-10,15H,11-12H2,1H3,(H2,21,22,24)/t15-/m0/s1. The van der Waals surface area contributed by atoms with Gasteiger partial charge in [0.1, 0.15) is 18.0 Å². The Hall–Kier alpha value is -3.48. The molecule has 7 nitrogen and oxygen atoms in total. The van der Waals surface area contributed by atoms with Crippen LogP contribution in [0.5, 0.6) is 11.5 Å². The summed E-state index contributed by atoms with van der Waals surface area (Å²) in [5.74, 6) is 1.91. The average molecular weight is 365 g/mol. The summed E-state index contributed by atoms with van der Waals surface area (Å²) in [6.07, 6.45) is -0.261. The maximum atomic E-state index is 12.3. The molecule has 0 bridgehead atoms. The van der Waals surface area contributed by atoms with Gasteiger partial charge in [-0.1, -0.05) is 47.6 Å². The number of amides is 2. The van der Waals surface area contributed by atoms with Gasteiger partial charge in [0, 0.05) is 5.56 Å². The molecule has 3 aromatic rings. The summed E-state index contributed by atoms with van der Waals surface area (Å²) >= 11 is 0. The number of rotatable bonds is 4. The third kappa shape index (κ3) is 3.72. The molecule has 2 heterocycles. The van der Waals surface area contributed by atoms with Gasteiger partial charge in [-0.05, 0) is 19.1 Å². The van der Waals surface area contributed by atoms with E-state index in [4.69, 9.17) is 14.0 Å². The highest BCUT2D eigenvalue weighted by Crippen LogP contribution is 2.31. The first-order valence-corrected chi connectivity index (χ1v) is 8.66. The monoisotopic (exact) mass is 365 g/mol. The van der Waals surface area contributed by atoms with E-state index < -0.39 is 0 Å². The van der Waals surface area contributed by atoms with Crippen LogP contribution in [0.25, 0.3) is 11.3 Å². The van der Waals surface area contributed by atoms with Crippen LogP contribution in [0.3, 0.4) is 0 Å². The number of anilines is 1. The first-order chi connectivity index (χ1) is 13.2. The number of ether oxygens (including phenoxy) is 2. The summed E-state index contributed by atoms with van der Waals surface area (Å²) in [5, 5.41) is 9.58. The van der Waals surface area contributed by atoms with Crippen molar-refractivity contribution in [3.63, 3.8) is 0 Å². The highest BCUT2D eigenvalue weighted by atomic mass is 16.6. The quantitative estimate of drug-likeness (QED) is 0.738. The Bertz CT molecular complexity index is 939. The number of aromatic nitrogens is 1. The molecule has 0 radical (unpaired) electrons. The second-order valence-electron chi connectivity index (χ2n) is 6.17. The molecule has 27 heavy (non-hydrogen) atoms. The average Bonchev–Trinajstić information content (AvgIpc) is 3.07. The molecule has 1 atom stereocenters.